The number of phenolic OH excluding ortho intramolecular Hbond substituents is 1. The van der Waals surface area contributed by atoms with E-state index in [1.165, 1.54) is 38.1 Å². The third-order valence-electron chi connectivity index (χ3n) is 8.05. The third kappa shape index (κ3) is 3.80. The minimum Gasteiger partial charge on any atom is -0.507 e. The summed E-state index contributed by atoms with van der Waals surface area (Å²) in [5.41, 5.74) is 3.71. The number of benzene rings is 1. The number of primary amides is 1. The van der Waals surface area contributed by atoms with Gasteiger partial charge in [-0.1, -0.05) is 0 Å². The highest BCUT2D eigenvalue weighted by Gasteiger charge is 2.69. The molecule has 3 aliphatic carbocycles. The van der Waals surface area contributed by atoms with Crippen LogP contribution < -0.4 is 10.6 Å². The summed E-state index contributed by atoms with van der Waals surface area (Å²) in [6.07, 6.45) is 2.73. The molecule has 1 amide bonds. The molecule has 4 rings (SSSR count). The molecule has 2 saturated carbocycles. The Morgan fingerprint density at radius 2 is 1.74 bits per heavy atom. The minimum atomic E-state index is -2.77. The highest BCUT2D eigenvalue weighted by Crippen LogP contribution is 2.52. The number of carbonyl (C=O) groups excluding carboxylic acids is 6. The lowest BCUT2D eigenvalue weighted by molar-refractivity contribution is -0.181. The van der Waals surface area contributed by atoms with Gasteiger partial charge < -0.3 is 20.8 Å². The molecule has 0 aromatic heterocycles. The summed E-state index contributed by atoms with van der Waals surface area (Å²) in [5.74, 6) is -11.3. The Morgan fingerprint density at radius 1 is 1.11 bits per heavy atom. The first-order chi connectivity index (χ1) is 17.6. The van der Waals surface area contributed by atoms with Crippen molar-refractivity contribution in [2.75, 3.05) is 33.1 Å². The summed E-state index contributed by atoms with van der Waals surface area (Å²) in [6.45, 7) is 1.33. The molecule has 11 nitrogen and oxygen atoms in total. The van der Waals surface area contributed by atoms with Gasteiger partial charge in [-0.05, 0) is 63.6 Å². The second-order valence-electron chi connectivity index (χ2n) is 10.8. The van der Waals surface area contributed by atoms with Crippen LogP contribution in [0.2, 0.25) is 0 Å². The van der Waals surface area contributed by atoms with Gasteiger partial charge in [0.25, 0.3) is 0 Å². The fourth-order valence-corrected chi connectivity index (χ4v) is 6.41. The number of nitrogens with zero attached hydrogens (tertiary/aromatic N) is 2. The number of amides is 1. The van der Waals surface area contributed by atoms with Crippen LogP contribution in [0.1, 0.15) is 34.8 Å². The maximum absolute atomic E-state index is 13.9. The Labute approximate surface area is 219 Å². The molecule has 0 spiro atoms. The molecule has 202 valence electrons. The predicted octanol–water partition coefficient (Wildman–Crippen LogP) is -0.465. The highest BCUT2D eigenvalue weighted by atomic mass is 16.3. The van der Waals surface area contributed by atoms with E-state index >= 15 is 0 Å². The fourth-order valence-electron chi connectivity index (χ4n) is 6.41. The third-order valence-corrected chi connectivity index (χ3v) is 8.05. The summed E-state index contributed by atoms with van der Waals surface area (Å²) in [7, 11) is 6.56. The Bertz CT molecular complexity index is 1330. The van der Waals surface area contributed by atoms with E-state index in [9.17, 15) is 39.0 Å². The van der Waals surface area contributed by atoms with Crippen molar-refractivity contribution in [3.63, 3.8) is 0 Å². The van der Waals surface area contributed by atoms with Gasteiger partial charge in [-0.3, -0.25) is 33.7 Å². The molecule has 0 aliphatic heterocycles. The van der Waals surface area contributed by atoms with Gasteiger partial charge in [0.15, 0.2) is 40.4 Å². The van der Waals surface area contributed by atoms with Crippen molar-refractivity contribution in [2.24, 2.45) is 29.4 Å². The SMILES string of the molecule is CC(=O)C=Cc1cc(N(C)C)c2c(c1O)C(=O)C1C(=O)[C@]3(O)C(=O)C(C(N)=O)C(=O)[C@@H](N(C)C)[C@@H]3C[C@@H]1C2. The average molecular weight is 526 g/mol. The standard InChI is InChI=1S/C27H31N3O8/c1-11(31)6-7-12-10-16(29(2)3)14-8-13-9-15-20(30(4)5)23(34)19(26(28)37)25(36)27(15,38)24(35)17(13)22(33)18(14)21(12)32/h6-7,10,13,15,17,19-20,32,38H,8-9H2,1-5H3,(H2,28,37)/t13-,15-,17?,19?,20-,27-/m0/s1. The lowest BCUT2D eigenvalue weighted by Crippen LogP contribution is -2.74. The molecule has 0 heterocycles. The Hall–Kier alpha value is -3.70. The normalized spacial score (nSPS) is 30.8. The average Bonchev–Trinajstić information content (AvgIpc) is 2.80. The molecule has 6 atom stereocenters. The van der Waals surface area contributed by atoms with Gasteiger partial charge in [0.2, 0.25) is 5.91 Å². The molecule has 0 radical (unpaired) electrons. The van der Waals surface area contributed by atoms with Gasteiger partial charge >= 0.3 is 0 Å². The number of hydrogen-bond donors (Lipinski definition) is 3. The number of Topliss-reactive ketones (excluding diaryl/α,β-unsaturated/α-hetero) is 4. The summed E-state index contributed by atoms with van der Waals surface area (Å²) in [4.78, 5) is 81.0. The maximum Gasteiger partial charge on any atom is 0.235 e. The van der Waals surface area contributed by atoms with Gasteiger partial charge in [0, 0.05) is 31.3 Å². The zero-order valence-corrected chi connectivity index (χ0v) is 21.8. The monoisotopic (exact) mass is 525 g/mol. The van der Waals surface area contributed by atoms with Crippen molar-refractivity contribution in [3.8, 4) is 5.75 Å². The van der Waals surface area contributed by atoms with E-state index in [1.807, 2.05) is 0 Å². The van der Waals surface area contributed by atoms with Gasteiger partial charge in [0.1, 0.15) is 5.75 Å². The second kappa shape index (κ2) is 9.25. The molecule has 0 saturated heterocycles. The van der Waals surface area contributed by atoms with Gasteiger partial charge in [-0.25, -0.2) is 0 Å². The molecule has 4 N–H and O–H groups in total. The summed E-state index contributed by atoms with van der Waals surface area (Å²) < 4.78 is 0. The van der Waals surface area contributed by atoms with Crippen LogP contribution in [0, 0.1) is 23.7 Å². The summed E-state index contributed by atoms with van der Waals surface area (Å²) in [5, 5.41) is 22.7. The van der Waals surface area contributed by atoms with Gasteiger partial charge in [0.05, 0.1) is 17.5 Å². The van der Waals surface area contributed by atoms with E-state index in [4.69, 9.17) is 5.73 Å². The molecule has 38 heavy (non-hydrogen) atoms. The molecule has 2 fully saturated rings. The lowest BCUT2D eigenvalue weighted by Gasteiger charge is -2.52. The Kier molecular flexibility index (Phi) is 6.65. The van der Waals surface area contributed by atoms with Gasteiger partial charge in [-0.15, -0.1) is 0 Å². The number of fused-ring (bicyclic) bond motifs is 3. The zero-order chi connectivity index (χ0) is 28.4. The number of ketones is 5. The number of aliphatic hydroxyl groups is 1. The maximum atomic E-state index is 13.9. The van der Waals surface area contributed by atoms with Crippen molar-refractivity contribution >= 4 is 46.6 Å². The quantitative estimate of drug-likeness (QED) is 0.337. The predicted molar refractivity (Wildman–Crippen MR) is 135 cm³/mol. The van der Waals surface area contributed by atoms with E-state index in [-0.39, 0.29) is 29.8 Å². The molecular formula is C27H31N3O8. The number of phenols is 1. The molecular weight excluding hydrogens is 494 g/mol. The lowest BCUT2D eigenvalue weighted by atomic mass is 9.52. The van der Waals surface area contributed by atoms with Crippen LogP contribution in [-0.2, 0) is 30.4 Å². The number of hydrogen-bond acceptors (Lipinski definition) is 10. The van der Waals surface area contributed by atoms with Gasteiger partial charge in [-0.2, -0.15) is 0 Å². The number of aromatic hydroxyl groups is 1. The molecule has 3 aliphatic rings. The van der Waals surface area contributed by atoms with Crippen LogP contribution in [-0.4, -0.2) is 89.8 Å². The number of carbonyl (C=O) groups is 6. The summed E-state index contributed by atoms with van der Waals surface area (Å²) >= 11 is 0. The van der Waals surface area contributed by atoms with E-state index in [0.717, 1.165) is 0 Å². The van der Waals surface area contributed by atoms with Crippen LogP contribution in [0.3, 0.4) is 0 Å². The number of anilines is 1. The first-order valence-corrected chi connectivity index (χ1v) is 12.2. The molecule has 2 unspecified atom stereocenters. The van der Waals surface area contributed by atoms with Crippen LogP contribution in [0.4, 0.5) is 5.69 Å². The van der Waals surface area contributed by atoms with E-state index in [2.05, 4.69) is 0 Å². The second-order valence-corrected chi connectivity index (χ2v) is 10.8. The fraction of sp³-hybridized carbons (Fsp3) is 0.481. The highest BCUT2D eigenvalue weighted by molar-refractivity contribution is 6.32. The molecule has 11 heteroatoms. The first kappa shape index (κ1) is 27.3. The van der Waals surface area contributed by atoms with Crippen molar-refractivity contribution in [3.05, 3.63) is 28.8 Å². The topological polar surface area (TPSA) is 175 Å². The van der Waals surface area contributed by atoms with Crippen LogP contribution in [0.25, 0.3) is 6.08 Å². The number of rotatable bonds is 5. The van der Waals surface area contributed by atoms with Crippen molar-refractivity contribution < 1.29 is 39.0 Å². The Balaban J connectivity index is 1.91. The van der Waals surface area contributed by atoms with E-state index in [0.29, 0.717) is 11.3 Å². The largest absolute Gasteiger partial charge is 0.507 e. The van der Waals surface area contributed by atoms with Crippen LogP contribution >= 0.6 is 0 Å². The van der Waals surface area contributed by atoms with Crippen LogP contribution in [0.15, 0.2) is 12.1 Å². The van der Waals surface area contributed by atoms with Crippen molar-refractivity contribution in [1.82, 2.24) is 4.90 Å². The molecule has 1 aromatic carbocycles. The molecule has 0 bridgehead atoms. The number of nitrogens with two attached hydrogens (primary N) is 1. The number of allylic oxidation sites excluding steroid dienone is 1. The Morgan fingerprint density at radius 3 is 2.26 bits per heavy atom. The first-order valence-electron chi connectivity index (χ1n) is 12.2. The van der Waals surface area contributed by atoms with Crippen molar-refractivity contribution in [1.29, 1.82) is 0 Å². The zero-order valence-electron chi connectivity index (χ0n) is 21.8. The smallest absolute Gasteiger partial charge is 0.235 e. The van der Waals surface area contributed by atoms with Crippen molar-refractivity contribution in [2.45, 2.75) is 31.4 Å². The number of likely N-dealkylation sites (N-methyl/N-ethyl adjacent to an activating group) is 1. The van der Waals surface area contributed by atoms with Crippen LogP contribution in [0.5, 0.6) is 5.75 Å². The van der Waals surface area contributed by atoms with E-state index in [1.54, 1.807) is 25.1 Å². The molecule has 1 aromatic rings. The summed E-state index contributed by atoms with van der Waals surface area (Å²) in [6, 6.07) is 0.480. The minimum absolute atomic E-state index is 0.0243. The van der Waals surface area contributed by atoms with E-state index < -0.39 is 70.1 Å².